The molecule has 0 aliphatic rings. The van der Waals surface area contributed by atoms with E-state index >= 15 is 0 Å². The van der Waals surface area contributed by atoms with Gasteiger partial charge in [-0.15, -0.1) is 0 Å². The van der Waals surface area contributed by atoms with Gasteiger partial charge in [0.1, 0.15) is 5.82 Å². The number of pyridine rings is 1. The zero-order valence-electron chi connectivity index (χ0n) is 6.69. The van der Waals surface area contributed by atoms with E-state index in [0.717, 1.165) is 16.8 Å². The van der Waals surface area contributed by atoms with E-state index < -0.39 is 0 Å². The highest BCUT2D eigenvalue weighted by molar-refractivity contribution is 9.10. The van der Waals surface area contributed by atoms with Crippen LogP contribution in [-0.4, -0.2) is 11.5 Å². The summed E-state index contributed by atoms with van der Waals surface area (Å²) in [7, 11) is 0. The van der Waals surface area contributed by atoms with Crippen LogP contribution in [0.3, 0.4) is 0 Å². The van der Waals surface area contributed by atoms with E-state index in [4.69, 9.17) is 0 Å². The fourth-order valence-electron chi connectivity index (χ4n) is 0.831. The molecule has 0 atom stereocenters. The topological polar surface area (TPSA) is 24.9 Å². The molecule has 1 heterocycles. The SMILES string of the molecule is CCNc1ncc(C)cc1Br. The van der Waals surface area contributed by atoms with Gasteiger partial charge >= 0.3 is 0 Å². The summed E-state index contributed by atoms with van der Waals surface area (Å²) < 4.78 is 1.03. The summed E-state index contributed by atoms with van der Waals surface area (Å²) in [5, 5.41) is 3.15. The Morgan fingerprint density at radius 1 is 1.64 bits per heavy atom. The number of halogens is 1. The van der Waals surface area contributed by atoms with E-state index in [0.29, 0.717) is 0 Å². The molecule has 2 nitrogen and oxygen atoms in total. The third kappa shape index (κ3) is 2.19. The molecule has 0 aromatic carbocycles. The Balaban J connectivity index is 2.90. The van der Waals surface area contributed by atoms with Crippen LogP contribution in [0.2, 0.25) is 0 Å². The molecule has 0 saturated carbocycles. The molecule has 3 heteroatoms. The molecule has 11 heavy (non-hydrogen) atoms. The Bertz CT molecular complexity index is 248. The molecule has 0 aliphatic heterocycles. The molecule has 0 saturated heterocycles. The van der Waals surface area contributed by atoms with Gasteiger partial charge < -0.3 is 5.32 Å². The second-order valence-electron chi connectivity index (χ2n) is 2.37. The van der Waals surface area contributed by atoms with Crippen LogP contribution in [0.4, 0.5) is 5.82 Å². The molecule has 1 N–H and O–H groups in total. The first kappa shape index (κ1) is 8.53. The zero-order chi connectivity index (χ0) is 8.27. The van der Waals surface area contributed by atoms with Crippen LogP contribution in [-0.2, 0) is 0 Å². The standard InChI is InChI=1S/C8H11BrN2/c1-3-10-8-7(9)4-6(2)5-11-8/h4-5H,3H2,1-2H3,(H,10,11). The minimum atomic E-state index is 0.897. The van der Waals surface area contributed by atoms with Crippen LogP contribution >= 0.6 is 15.9 Å². The average molecular weight is 215 g/mol. The minimum absolute atomic E-state index is 0.897. The number of aromatic nitrogens is 1. The van der Waals surface area contributed by atoms with Gasteiger partial charge in [-0.05, 0) is 41.4 Å². The number of nitrogens with zero attached hydrogens (tertiary/aromatic N) is 1. The Morgan fingerprint density at radius 2 is 2.36 bits per heavy atom. The molecule has 0 radical (unpaired) electrons. The van der Waals surface area contributed by atoms with Gasteiger partial charge in [0, 0.05) is 12.7 Å². The number of rotatable bonds is 2. The van der Waals surface area contributed by atoms with Crippen molar-refractivity contribution in [1.82, 2.24) is 4.98 Å². The van der Waals surface area contributed by atoms with E-state index in [1.807, 2.05) is 26.1 Å². The Labute approximate surface area is 75.2 Å². The van der Waals surface area contributed by atoms with Gasteiger partial charge in [-0.1, -0.05) is 0 Å². The van der Waals surface area contributed by atoms with Crippen LogP contribution in [0.15, 0.2) is 16.7 Å². The molecule has 1 aromatic rings. The maximum Gasteiger partial charge on any atom is 0.140 e. The third-order valence-corrected chi connectivity index (χ3v) is 1.93. The van der Waals surface area contributed by atoms with Gasteiger partial charge in [0.15, 0.2) is 0 Å². The Morgan fingerprint density at radius 3 is 2.91 bits per heavy atom. The fourth-order valence-corrected chi connectivity index (χ4v) is 1.43. The normalized spacial score (nSPS) is 9.73. The predicted octanol–water partition coefficient (Wildman–Crippen LogP) is 2.58. The highest BCUT2D eigenvalue weighted by Gasteiger charge is 1.97. The molecule has 0 fully saturated rings. The monoisotopic (exact) mass is 214 g/mol. The third-order valence-electron chi connectivity index (χ3n) is 1.32. The lowest BCUT2D eigenvalue weighted by atomic mass is 10.3. The van der Waals surface area contributed by atoms with Crippen LogP contribution in [0.25, 0.3) is 0 Å². The number of anilines is 1. The van der Waals surface area contributed by atoms with E-state index in [1.165, 1.54) is 5.56 Å². The smallest absolute Gasteiger partial charge is 0.140 e. The molecular formula is C8H11BrN2. The van der Waals surface area contributed by atoms with E-state index in [1.54, 1.807) is 0 Å². The zero-order valence-corrected chi connectivity index (χ0v) is 8.27. The first-order valence-electron chi connectivity index (χ1n) is 3.60. The number of hydrogen-bond acceptors (Lipinski definition) is 2. The molecule has 1 aromatic heterocycles. The fraction of sp³-hybridized carbons (Fsp3) is 0.375. The lowest BCUT2D eigenvalue weighted by Gasteiger charge is -2.04. The first-order valence-corrected chi connectivity index (χ1v) is 4.39. The van der Waals surface area contributed by atoms with Crippen molar-refractivity contribution in [2.24, 2.45) is 0 Å². The first-order chi connectivity index (χ1) is 5.24. The summed E-state index contributed by atoms with van der Waals surface area (Å²) in [6.45, 7) is 4.97. The van der Waals surface area contributed by atoms with E-state index in [2.05, 4.69) is 26.2 Å². The predicted molar refractivity (Wildman–Crippen MR) is 50.8 cm³/mol. The van der Waals surface area contributed by atoms with Gasteiger partial charge in [0.2, 0.25) is 0 Å². The molecule has 0 unspecified atom stereocenters. The Hall–Kier alpha value is -0.570. The van der Waals surface area contributed by atoms with Crippen molar-refractivity contribution in [3.63, 3.8) is 0 Å². The number of hydrogen-bond donors (Lipinski definition) is 1. The average Bonchev–Trinajstić information content (AvgIpc) is 1.95. The van der Waals surface area contributed by atoms with Crippen molar-refractivity contribution >= 4 is 21.7 Å². The summed E-state index contributed by atoms with van der Waals surface area (Å²) in [4.78, 5) is 4.21. The summed E-state index contributed by atoms with van der Waals surface area (Å²) in [5.74, 6) is 0.915. The molecular weight excluding hydrogens is 204 g/mol. The lowest BCUT2D eigenvalue weighted by Crippen LogP contribution is -1.99. The van der Waals surface area contributed by atoms with Crippen molar-refractivity contribution < 1.29 is 0 Å². The van der Waals surface area contributed by atoms with Gasteiger partial charge in [-0.3, -0.25) is 0 Å². The number of nitrogens with one attached hydrogen (secondary N) is 1. The molecule has 60 valence electrons. The minimum Gasteiger partial charge on any atom is -0.369 e. The largest absolute Gasteiger partial charge is 0.369 e. The highest BCUT2D eigenvalue weighted by atomic mass is 79.9. The highest BCUT2D eigenvalue weighted by Crippen LogP contribution is 2.19. The van der Waals surface area contributed by atoms with Crippen molar-refractivity contribution in [3.8, 4) is 0 Å². The van der Waals surface area contributed by atoms with Crippen LogP contribution in [0.1, 0.15) is 12.5 Å². The van der Waals surface area contributed by atoms with Crippen LogP contribution < -0.4 is 5.32 Å². The van der Waals surface area contributed by atoms with Crippen molar-refractivity contribution in [1.29, 1.82) is 0 Å². The second kappa shape index (κ2) is 3.72. The molecule has 0 aliphatic carbocycles. The van der Waals surface area contributed by atoms with Crippen molar-refractivity contribution in [3.05, 3.63) is 22.3 Å². The molecule has 0 amide bonds. The van der Waals surface area contributed by atoms with Crippen molar-refractivity contribution in [2.45, 2.75) is 13.8 Å². The van der Waals surface area contributed by atoms with Gasteiger partial charge in [0.05, 0.1) is 4.47 Å². The maximum absolute atomic E-state index is 4.21. The van der Waals surface area contributed by atoms with E-state index in [-0.39, 0.29) is 0 Å². The molecule has 1 rings (SSSR count). The van der Waals surface area contributed by atoms with Gasteiger partial charge in [0.25, 0.3) is 0 Å². The van der Waals surface area contributed by atoms with Gasteiger partial charge in [-0.25, -0.2) is 4.98 Å². The van der Waals surface area contributed by atoms with Crippen molar-refractivity contribution in [2.75, 3.05) is 11.9 Å². The molecule has 0 spiro atoms. The lowest BCUT2D eigenvalue weighted by molar-refractivity contribution is 1.14. The quantitative estimate of drug-likeness (QED) is 0.820. The summed E-state index contributed by atoms with van der Waals surface area (Å²) in [6.07, 6.45) is 1.85. The van der Waals surface area contributed by atoms with Gasteiger partial charge in [-0.2, -0.15) is 0 Å². The Kier molecular flexibility index (Phi) is 2.88. The molecule has 0 bridgehead atoms. The number of aryl methyl sites for hydroxylation is 1. The maximum atomic E-state index is 4.21. The summed E-state index contributed by atoms with van der Waals surface area (Å²) in [6, 6.07) is 2.05. The van der Waals surface area contributed by atoms with E-state index in [9.17, 15) is 0 Å². The summed E-state index contributed by atoms with van der Waals surface area (Å²) >= 11 is 3.42. The van der Waals surface area contributed by atoms with Crippen LogP contribution in [0.5, 0.6) is 0 Å². The second-order valence-corrected chi connectivity index (χ2v) is 3.23. The van der Waals surface area contributed by atoms with Crippen LogP contribution in [0, 0.1) is 6.92 Å². The summed E-state index contributed by atoms with van der Waals surface area (Å²) in [5.41, 5.74) is 1.17.